The van der Waals surface area contributed by atoms with E-state index < -0.39 is 0 Å². The lowest BCUT2D eigenvalue weighted by Gasteiger charge is -2.22. The highest BCUT2D eigenvalue weighted by molar-refractivity contribution is 5.90. The average Bonchev–Trinajstić information content (AvgIpc) is 2.48. The Morgan fingerprint density at radius 3 is 2.95 bits per heavy atom. The minimum atomic E-state index is -0.00582. The Balaban J connectivity index is 1.91. The SMILES string of the molecule is CCCC(=O)Nc1ncccc1OCC1CCCCC1. The number of nitrogens with one attached hydrogen (secondary N) is 1. The lowest BCUT2D eigenvalue weighted by Crippen LogP contribution is -2.17. The van der Waals surface area contributed by atoms with Gasteiger partial charge in [0.25, 0.3) is 0 Å². The van der Waals surface area contributed by atoms with Gasteiger partial charge in [0.05, 0.1) is 6.61 Å². The molecule has 4 nitrogen and oxygen atoms in total. The van der Waals surface area contributed by atoms with E-state index in [2.05, 4.69) is 10.3 Å². The zero-order valence-electron chi connectivity index (χ0n) is 12.2. The smallest absolute Gasteiger partial charge is 0.225 e. The fraction of sp³-hybridized carbons (Fsp3) is 0.625. The van der Waals surface area contributed by atoms with Gasteiger partial charge in [-0.15, -0.1) is 0 Å². The first-order valence-electron chi connectivity index (χ1n) is 7.67. The van der Waals surface area contributed by atoms with Gasteiger partial charge >= 0.3 is 0 Å². The monoisotopic (exact) mass is 276 g/mol. The van der Waals surface area contributed by atoms with E-state index in [1.165, 1.54) is 32.1 Å². The number of rotatable bonds is 6. The Labute approximate surface area is 120 Å². The molecule has 0 spiro atoms. The van der Waals surface area contributed by atoms with E-state index in [9.17, 15) is 4.79 Å². The van der Waals surface area contributed by atoms with Crippen LogP contribution in [0.4, 0.5) is 5.82 Å². The Kier molecular flexibility index (Phi) is 5.84. The first-order chi connectivity index (χ1) is 9.79. The number of carbonyl (C=O) groups is 1. The van der Waals surface area contributed by atoms with E-state index in [1.807, 2.05) is 19.1 Å². The van der Waals surface area contributed by atoms with Crippen LogP contribution in [-0.4, -0.2) is 17.5 Å². The van der Waals surface area contributed by atoms with Crippen LogP contribution in [0.15, 0.2) is 18.3 Å². The fourth-order valence-corrected chi connectivity index (χ4v) is 2.58. The Morgan fingerprint density at radius 1 is 1.40 bits per heavy atom. The molecule has 1 amide bonds. The maximum absolute atomic E-state index is 11.7. The Bertz CT molecular complexity index is 428. The van der Waals surface area contributed by atoms with Gasteiger partial charge in [-0.2, -0.15) is 0 Å². The summed E-state index contributed by atoms with van der Waals surface area (Å²) in [4.78, 5) is 15.9. The molecule has 1 heterocycles. The number of aromatic nitrogens is 1. The molecule has 0 aromatic carbocycles. The summed E-state index contributed by atoms with van der Waals surface area (Å²) < 4.78 is 5.88. The topological polar surface area (TPSA) is 51.2 Å². The third-order valence-corrected chi connectivity index (χ3v) is 3.70. The summed E-state index contributed by atoms with van der Waals surface area (Å²) >= 11 is 0. The summed E-state index contributed by atoms with van der Waals surface area (Å²) in [5, 5.41) is 2.82. The summed E-state index contributed by atoms with van der Waals surface area (Å²) in [5.41, 5.74) is 0. The van der Waals surface area contributed by atoms with Gasteiger partial charge in [0.15, 0.2) is 11.6 Å². The number of hydrogen-bond acceptors (Lipinski definition) is 3. The number of hydrogen-bond donors (Lipinski definition) is 1. The maximum atomic E-state index is 11.7. The first kappa shape index (κ1) is 14.8. The molecule has 20 heavy (non-hydrogen) atoms. The largest absolute Gasteiger partial charge is 0.489 e. The van der Waals surface area contributed by atoms with Crippen LogP contribution >= 0.6 is 0 Å². The second-order valence-corrected chi connectivity index (χ2v) is 5.46. The van der Waals surface area contributed by atoms with Crippen LogP contribution in [0.3, 0.4) is 0 Å². The number of ether oxygens (including phenoxy) is 1. The van der Waals surface area contributed by atoms with Gasteiger partial charge in [-0.05, 0) is 37.3 Å². The van der Waals surface area contributed by atoms with Gasteiger partial charge in [-0.1, -0.05) is 26.2 Å². The molecule has 1 fully saturated rings. The molecule has 0 radical (unpaired) electrons. The van der Waals surface area contributed by atoms with Crippen LogP contribution in [0.2, 0.25) is 0 Å². The molecule has 0 atom stereocenters. The third-order valence-electron chi connectivity index (χ3n) is 3.70. The number of carbonyl (C=O) groups excluding carboxylic acids is 1. The molecule has 0 unspecified atom stereocenters. The van der Waals surface area contributed by atoms with Crippen LogP contribution in [0.5, 0.6) is 5.75 Å². The van der Waals surface area contributed by atoms with Crippen molar-refractivity contribution < 1.29 is 9.53 Å². The van der Waals surface area contributed by atoms with Crippen LogP contribution in [0.1, 0.15) is 51.9 Å². The van der Waals surface area contributed by atoms with Crippen molar-refractivity contribution in [3.63, 3.8) is 0 Å². The standard InChI is InChI=1S/C16H24N2O2/c1-2-7-15(19)18-16-14(10-6-11-17-16)20-12-13-8-4-3-5-9-13/h6,10-11,13H,2-5,7-9,12H2,1H3,(H,17,18,19). The minimum Gasteiger partial charge on any atom is -0.489 e. The second kappa shape index (κ2) is 7.88. The van der Waals surface area contributed by atoms with Crippen molar-refractivity contribution in [1.82, 2.24) is 4.98 Å². The summed E-state index contributed by atoms with van der Waals surface area (Å²) in [6.45, 7) is 2.71. The molecular weight excluding hydrogens is 252 g/mol. The van der Waals surface area contributed by atoms with Gasteiger partial charge < -0.3 is 10.1 Å². The zero-order valence-corrected chi connectivity index (χ0v) is 12.2. The molecule has 0 bridgehead atoms. The lowest BCUT2D eigenvalue weighted by molar-refractivity contribution is -0.116. The van der Waals surface area contributed by atoms with Crippen molar-refractivity contribution in [2.45, 2.75) is 51.9 Å². The van der Waals surface area contributed by atoms with Crippen molar-refractivity contribution in [2.24, 2.45) is 5.92 Å². The Morgan fingerprint density at radius 2 is 2.20 bits per heavy atom. The van der Waals surface area contributed by atoms with Gasteiger partial charge in [0.2, 0.25) is 5.91 Å². The molecule has 1 aliphatic rings. The molecule has 1 aliphatic carbocycles. The van der Waals surface area contributed by atoms with Crippen LogP contribution in [-0.2, 0) is 4.79 Å². The number of anilines is 1. The van der Waals surface area contributed by atoms with Crippen LogP contribution < -0.4 is 10.1 Å². The molecule has 1 aromatic heterocycles. The molecule has 110 valence electrons. The van der Waals surface area contributed by atoms with Crippen molar-refractivity contribution in [2.75, 3.05) is 11.9 Å². The number of nitrogens with zero attached hydrogens (tertiary/aromatic N) is 1. The number of amides is 1. The summed E-state index contributed by atoms with van der Waals surface area (Å²) in [7, 11) is 0. The molecule has 4 heteroatoms. The van der Waals surface area contributed by atoms with Crippen molar-refractivity contribution in [3.05, 3.63) is 18.3 Å². The fourth-order valence-electron chi connectivity index (χ4n) is 2.58. The quantitative estimate of drug-likeness (QED) is 0.860. The zero-order chi connectivity index (χ0) is 14.2. The predicted molar refractivity (Wildman–Crippen MR) is 79.8 cm³/mol. The molecule has 1 N–H and O–H groups in total. The van der Waals surface area contributed by atoms with Crippen molar-refractivity contribution in [1.29, 1.82) is 0 Å². The highest BCUT2D eigenvalue weighted by Crippen LogP contribution is 2.27. The van der Waals surface area contributed by atoms with E-state index >= 15 is 0 Å². The molecule has 1 saturated carbocycles. The normalized spacial score (nSPS) is 15.8. The van der Waals surface area contributed by atoms with Gasteiger partial charge in [-0.3, -0.25) is 4.79 Å². The van der Waals surface area contributed by atoms with Gasteiger partial charge in [0, 0.05) is 12.6 Å². The lowest BCUT2D eigenvalue weighted by atomic mass is 9.90. The summed E-state index contributed by atoms with van der Waals surface area (Å²) in [5.74, 6) is 1.86. The summed E-state index contributed by atoms with van der Waals surface area (Å²) in [6, 6.07) is 3.71. The number of pyridine rings is 1. The second-order valence-electron chi connectivity index (χ2n) is 5.46. The average molecular weight is 276 g/mol. The van der Waals surface area contributed by atoms with E-state index in [-0.39, 0.29) is 5.91 Å². The first-order valence-corrected chi connectivity index (χ1v) is 7.67. The predicted octanol–water partition coefficient (Wildman–Crippen LogP) is 3.78. The highest BCUT2D eigenvalue weighted by atomic mass is 16.5. The van der Waals surface area contributed by atoms with Gasteiger partial charge in [0.1, 0.15) is 0 Å². The molecule has 0 saturated heterocycles. The third kappa shape index (κ3) is 4.51. The van der Waals surface area contributed by atoms with E-state index in [0.29, 0.717) is 23.9 Å². The van der Waals surface area contributed by atoms with Gasteiger partial charge in [-0.25, -0.2) is 4.98 Å². The van der Waals surface area contributed by atoms with Crippen molar-refractivity contribution in [3.8, 4) is 5.75 Å². The van der Waals surface area contributed by atoms with E-state index in [1.54, 1.807) is 6.20 Å². The van der Waals surface area contributed by atoms with Crippen LogP contribution in [0.25, 0.3) is 0 Å². The van der Waals surface area contributed by atoms with Crippen molar-refractivity contribution >= 4 is 11.7 Å². The molecular formula is C16H24N2O2. The van der Waals surface area contributed by atoms with E-state index in [0.717, 1.165) is 13.0 Å². The maximum Gasteiger partial charge on any atom is 0.225 e. The van der Waals surface area contributed by atoms with E-state index in [4.69, 9.17) is 4.74 Å². The Hall–Kier alpha value is -1.58. The van der Waals surface area contributed by atoms with Crippen LogP contribution in [0, 0.1) is 5.92 Å². The minimum absolute atomic E-state index is 0.00582. The summed E-state index contributed by atoms with van der Waals surface area (Å²) in [6.07, 6.45) is 9.48. The highest BCUT2D eigenvalue weighted by Gasteiger charge is 2.15. The molecule has 1 aromatic rings. The molecule has 2 rings (SSSR count). The molecule has 0 aliphatic heterocycles.